The average molecular weight is 485 g/mol. The summed E-state index contributed by atoms with van der Waals surface area (Å²) >= 11 is 1.73. The molecule has 142 valence electrons. The SMILES string of the molecule is CCNC(=NCc1sc(C)nc1C)NC1CCN(c2ccccc2)C1.I. The van der Waals surface area contributed by atoms with Crippen molar-refractivity contribution in [2.24, 2.45) is 4.99 Å². The van der Waals surface area contributed by atoms with Crippen LogP contribution in [-0.4, -0.2) is 36.6 Å². The van der Waals surface area contributed by atoms with Gasteiger partial charge in [0.2, 0.25) is 0 Å². The quantitative estimate of drug-likeness (QED) is 0.385. The van der Waals surface area contributed by atoms with Crippen LogP contribution in [-0.2, 0) is 6.54 Å². The molecule has 0 radical (unpaired) electrons. The third-order valence-corrected chi connectivity index (χ3v) is 5.43. The van der Waals surface area contributed by atoms with Crippen molar-refractivity contribution in [1.82, 2.24) is 15.6 Å². The highest BCUT2D eigenvalue weighted by molar-refractivity contribution is 14.0. The van der Waals surface area contributed by atoms with Gasteiger partial charge in [-0.15, -0.1) is 35.3 Å². The minimum atomic E-state index is 0. The molecule has 2 N–H and O–H groups in total. The highest BCUT2D eigenvalue weighted by atomic mass is 127. The Labute approximate surface area is 177 Å². The number of rotatable bonds is 5. The molecule has 1 aromatic carbocycles. The van der Waals surface area contributed by atoms with Crippen LogP contribution in [0, 0.1) is 13.8 Å². The number of nitrogens with zero attached hydrogens (tertiary/aromatic N) is 3. The van der Waals surface area contributed by atoms with E-state index in [0.29, 0.717) is 12.6 Å². The average Bonchev–Trinajstić information content (AvgIpc) is 3.20. The topological polar surface area (TPSA) is 52.6 Å². The Morgan fingerprint density at radius 3 is 2.73 bits per heavy atom. The van der Waals surface area contributed by atoms with Crippen molar-refractivity contribution in [2.75, 3.05) is 24.5 Å². The standard InChI is InChI=1S/C19H27N5S.HI/c1-4-20-19(21-12-18-14(2)22-15(3)25-18)23-16-10-11-24(13-16)17-8-6-5-7-9-17;/h5-9,16H,4,10-13H2,1-3H3,(H2,20,21,23);1H. The molecule has 1 aliphatic heterocycles. The number of hydrogen-bond donors (Lipinski definition) is 2. The van der Waals surface area contributed by atoms with Gasteiger partial charge in [0.25, 0.3) is 0 Å². The second-order valence-corrected chi connectivity index (χ2v) is 7.64. The molecule has 5 nitrogen and oxygen atoms in total. The molecule has 2 heterocycles. The molecule has 1 aliphatic rings. The lowest BCUT2D eigenvalue weighted by atomic mass is 10.3. The first-order chi connectivity index (χ1) is 12.2. The van der Waals surface area contributed by atoms with Crippen molar-refractivity contribution < 1.29 is 0 Å². The van der Waals surface area contributed by atoms with Crippen molar-refractivity contribution in [3.63, 3.8) is 0 Å². The Morgan fingerprint density at radius 2 is 2.08 bits per heavy atom. The highest BCUT2D eigenvalue weighted by Gasteiger charge is 2.23. The van der Waals surface area contributed by atoms with Gasteiger partial charge in [-0.2, -0.15) is 0 Å². The van der Waals surface area contributed by atoms with Gasteiger partial charge in [0.1, 0.15) is 0 Å². The van der Waals surface area contributed by atoms with Crippen molar-refractivity contribution in [3.8, 4) is 0 Å². The number of aliphatic imine (C=N–C) groups is 1. The summed E-state index contributed by atoms with van der Waals surface area (Å²) in [5, 5.41) is 8.07. The molecule has 1 atom stereocenters. The van der Waals surface area contributed by atoms with Crippen molar-refractivity contribution in [1.29, 1.82) is 0 Å². The predicted molar refractivity (Wildman–Crippen MR) is 122 cm³/mol. The Morgan fingerprint density at radius 1 is 1.31 bits per heavy atom. The maximum Gasteiger partial charge on any atom is 0.191 e. The first-order valence-electron chi connectivity index (χ1n) is 8.93. The Balaban J connectivity index is 0.00000243. The van der Waals surface area contributed by atoms with Crippen LogP contribution < -0.4 is 15.5 Å². The lowest BCUT2D eigenvalue weighted by molar-refractivity contribution is 0.649. The summed E-state index contributed by atoms with van der Waals surface area (Å²) < 4.78 is 0. The van der Waals surface area contributed by atoms with Crippen LogP contribution in [0.2, 0.25) is 0 Å². The summed E-state index contributed by atoms with van der Waals surface area (Å²) in [6.07, 6.45) is 1.12. The molecule has 2 aromatic rings. The fourth-order valence-electron chi connectivity index (χ4n) is 3.14. The van der Waals surface area contributed by atoms with Gasteiger partial charge in [0, 0.05) is 36.2 Å². The second kappa shape index (κ2) is 10.1. The molecule has 3 rings (SSSR count). The zero-order valence-corrected chi connectivity index (χ0v) is 18.8. The van der Waals surface area contributed by atoms with E-state index in [-0.39, 0.29) is 24.0 Å². The third kappa shape index (κ3) is 5.57. The number of para-hydroxylation sites is 1. The van der Waals surface area contributed by atoms with Gasteiger partial charge in [0.15, 0.2) is 5.96 Å². The molecule has 1 fully saturated rings. The van der Waals surface area contributed by atoms with Gasteiger partial charge in [0.05, 0.1) is 17.2 Å². The lowest BCUT2D eigenvalue weighted by Crippen LogP contribution is -2.44. The molecule has 0 bridgehead atoms. The maximum absolute atomic E-state index is 4.77. The number of hydrogen-bond acceptors (Lipinski definition) is 4. The maximum atomic E-state index is 4.77. The normalized spacial score (nSPS) is 17.1. The molecule has 0 amide bonds. The first kappa shape index (κ1) is 21.0. The van der Waals surface area contributed by atoms with E-state index in [1.165, 1.54) is 10.6 Å². The summed E-state index contributed by atoms with van der Waals surface area (Å²) in [6, 6.07) is 11.0. The van der Waals surface area contributed by atoms with Gasteiger partial charge in [-0.05, 0) is 39.3 Å². The fourth-order valence-corrected chi connectivity index (χ4v) is 4.00. The van der Waals surface area contributed by atoms with Gasteiger partial charge in [-0.1, -0.05) is 18.2 Å². The molecule has 0 aliphatic carbocycles. The summed E-state index contributed by atoms with van der Waals surface area (Å²) in [5.74, 6) is 0.896. The van der Waals surface area contributed by atoms with E-state index in [0.717, 1.165) is 42.7 Å². The number of anilines is 1. The third-order valence-electron chi connectivity index (χ3n) is 4.38. The van der Waals surface area contributed by atoms with E-state index in [1.54, 1.807) is 11.3 Å². The summed E-state index contributed by atoms with van der Waals surface area (Å²) in [4.78, 5) is 12.9. The van der Waals surface area contributed by atoms with Crippen molar-refractivity contribution >= 4 is 47.0 Å². The summed E-state index contributed by atoms with van der Waals surface area (Å²) in [7, 11) is 0. The highest BCUT2D eigenvalue weighted by Crippen LogP contribution is 2.20. The second-order valence-electron chi connectivity index (χ2n) is 6.35. The molecule has 7 heteroatoms. The van der Waals surface area contributed by atoms with Gasteiger partial charge in [-0.3, -0.25) is 0 Å². The molecule has 0 saturated carbocycles. The minimum absolute atomic E-state index is 0. The fraction of sp³-hybridized carbons (Fsp3) is 0.474. The zero-order chi connectivity index (χ0) is 17.6. The smallest absolute Gasteiger partial charge is 0.191 e. The Hall–Kier alpha value is -1.35. The van der Waals surface area contributed by atoms with Crippen LogP contribution in [0.25, 0.3) is 0 Å². The predicted octanol–water partition coefficient (Wildman–Crippen LogP) is 3.71. The van der Waals surface area contributed by atoms with Crippen LogP contribution in [0.4, 0.5) is 5.69 Å². The number of aromatic nitrogens is 1. The summed E-state index contributed by atoms with van der Waals surface area (Å²) in [5.41, 5.74) is 2.39. The van der Waals surface area contributed by atoms with E-state index in [4.69, 9.17) is 4.99 Å². The number of benzene rings is 1. The Bertz CT molecular complexity index is 716. The number of guanidine groups is 1. The largest absolute Gasteiger partial charge is 0.369 e. The van der Waals surface area contributed by atoms with Crippen LogP contribution in [0.15, 0.2) is 35.3 Å². The van der Waals surface area contributed by atoms with Crippen LogP contribution in [0.3, 0.4) is 0 Å². The van der Waals surface area contributed by atoms with Crippen LogP contribution >= 0.6 is 35.3 Å². The number of nitrogens with one attached hydrogen (secondary N) is 2. The van der Waals surface area contributed by atoms with Gasteiger partial charge in [-0.25, -0.2) is 9.98 Å². The first-order valence-corrected chi connectivity index (χ1v) is 9.75. The molecule has 1 saturated heterocycles. The minimum Gasteiger partial charge on any atom is -0.369 e. The monoisotopic (exact) mass is 485 g/mol. The number of thiazole rings is 1. The molecular formula is C19H28IN5S. The van der Waals surface area contributed by atoms with Crippen molar-refractivity contribution in [2.45, 2.75) is 39.8 Å². The molecule has 0 spiro atoms. The van der Waals surface area contributed by atoms with E-state index < -0.39 is 0 Å². The van der Waals surface area contributed by atoms with E-state index in [1.807, 2.05) is 6.92 Å². The van der Waals surface area contributed by atoms with Crippen LogP contribution in [0.1, 0.15) is 28.9 Å². The number of aryl methyl sites for hydroxylation is 2. The van der Waals surface area contributed by atoms with E-state index >= 15 is 0 Å². The van der Waals surface area contributed by atoms with E-state index in [9.17, 15) is 0 Å². The number of halogens is 1. The lowest BCUT2D eigenvalue weighted by Gasteiger charge is -2.20. The van der Waals surface area contributed by atoms with Gasteiger partial charge < -0.3 is 15.5 Å². The zero-order valence-electron chi connectivity index (χ0n) is 15.7. The van der Waals surface area contributed by atoms with Crippen LogP contribution in [0.5, 0.6) is 0 Å². The summed E-state index contributed by atoms with van der Waals surface area (Å²) in [6.45, 7) is 9.84. The molecule has 26 heavy (non-hydrogen) atoms. The van der Waals surface area contributed by atoms with Crippen molar-refractivity contribution in [3.05, 3.63) is 45.9 Å². The van der Waals surface area contributed by atoms with Gasteiger partial charge >= 0.3 is 0 Å². The molecule has 1 unspecified atom stereocenters. The molecular weight excluding hydrogens is 457 g/mol. The molecule has 1 aromatic heterocycles. The Kier molecular flexibility index (Phi) is 8.15. The van der Waals surface area contributed by atoms with E-state index in [2.05, 4.69) is 64.7 Å².